The van der Waals surface area contributed by atoms with E-state index in [1.807, 2.05) is 0 Å². The molecular formula is C21H27NO. The maximum atomic E-state index is 5.78. The third kappa shape index (κ3) is 3.59. The van der Waals surface area contributed by atoms with Crippen LogP contribution in [0.1, 0.15) is 61.3 Å². The lowest BCUT2D eigenvalue weighted by atomic mass is 9.77. The fourth-order valence-corrected chi connectivity index (χ4v) is 3.57. The number of fused-ring (bicyclic) bond motifs is 1. The van der Waals surface area contributed by atoms with Gasteiger partial charge >= 0.3 is 0 Å². The summed E-state index contributed by atoms with van der Waals surface area (Å²) in [5.74, 6) is 1.49. The van der Waals surface area contributed by atoms with Gasteiger partial charge in [0.1, 0.15) is 5.75 Å². The van der Waals surface area contributed by atoms with Crippen molar-refractivity contribution >= 4 is 0 Å². The Hall–Kier alpha value is -1.80. The minimum atomic E-state index is 0.485. The Labute approximate surface area is 139 Å². The monoisotopic (exact) mass is 309 g/mol. The molecule has 23 heavy (non-hydrogen) atoms. The molecule has 0 aromatic heterocycles. The second kappa shape index (κ2) is 7.65. The Balaban J connectivity index is 1.79. The molecule has 0 saturated heterocycles. The van der Waals surface area contributed by atoms with Crippen molar-refractivity contribution in [3.8, 4) is 5.75 Å². The van der Waals surface area contributed by atoms with Gasteiger partial charge in [0, 0.05) is 12.0 Å². The molecule has 2 aromatic carbocycles. The normalized spacial score (nSPS) is 20.1. The van der Waals surface area contributed by atoms with Crippen molar-refractivity contribution in [2.24, 2.45) is 0 Å². The van der Waals surface area contributed by atoms with Crippen LogP contribution in [0, 0.1) is 0 Å². The van der Waals surface area contributed by atoms with Gasteiger partial charge in [-0.3, -0.25) is 0 Å². The van der Waals surface area contributed by atoms with Crippen LogP contribution in [-0.2, 0) is 0 Å². The van der Waals surface area contributed by atoms with Crippen LogP contribution in [0.25, 0.3) is 0 Å². The summed E-state index contributed by atoms with van der Waals surface area (Å²) in [4.78, 5) is 0. The van der Waals surface area contributed by atoms with E-state index in [2.05, 4.69) is 67.8 Å². The molecule has 1 N–H and O–H groups in total. The van der Waals surface area contributed by atoms with E-state index in [0.717, 1.165) is 18.8 Å². The van der Waals surface area contributed by atoms with Crippen LogP contribution in [0.15, 0.2) is 48.5 Å². The highest BCUT2D eigenvalue weighted by atomic mass is 16.5. The predicted octanol–water partition coefficient (Wildman–Crippen LogP) is 5.05. The lowest BCUT2D eigenvalue weighted by molar-refractivity contribution is 0.309. The summed E-state index contributed by atoms with van der Waals surface area (Å²) in [6.07, 6.45) is 4.66. The summed E-state index contributed by atoms with van der Waals surface area (Å²) in [6.45, 7) is 3.00. The zero-order chi connectivity index (χ0) is 16.1. The van der Waals surface area contributed by atoms with Gasteiger partial charge < -0.3 is 10.1 Å². The first-order chi connectivity index (χ1) is 11.3. The quantitative estimate of drug-likeness (QED) is 0.754. The minimum Gasteiger partial charge on any atom is -0.494 e. The van der Waals surface area contributed by atoms with E-state index in [0.29, 0.717) is 12.0 Å². The van der Waals surface area contributed by atoms with Gasteiger partial charge in [-0.1, -0.05) is 49.7 Å². The molecule has 2 atom stereocenters. The predicted molar refractivity (Wildman–Crippen MR) is 96.2 cm³/mol. The van der Waals surface area contributed by atoms with Gasteiger partial charge in [-0.25, -0.2) is 0 Å². The van der Waals surface area contributed by atoms with Gasteiger partial charge in [0.15, 0.2) is 0 Å². The molecule has 2 nitrogen and oxygen atoms in total. The van der Waals surface area contributed by atoms with E-state index < -0.39 is 0 Å². The van der Waals surface area contributed by atoms with Crippen molar-refractivity contribution in [3.63, 3.8) is 0 Å². The number of benzene rings is 2. The van der Waals surface area contributed by atoms with E-state index in [-0.39, 0.29) is 0 Å². The van der Waals surface area contributed by atoms with Crippen LogP contribution in [-0.4, -0.2) is 13.7 Å². The zero-order valence-corrected chi connectivity index (χ0v) is 14.2. The standard InChI is InChI=1S/C21H27NO/c1-3-4-15-23-17-11-9-16(10-12-17)18-13-14-21(22-2)20-8-6-5-7-19(18)20/h5-12,18,21-22H,3-4,13-15H2,1-2H3/t18-,21-/m0/s1. The molecule has 0 amide bonds. The smallest absolute Gasteiger partial charge is 0.119 e. The van der Waals surface area contributed by atoms with Crippen LogP contribution >= 0.6 is 0 Å². The summed E-state index contributed by atoms with van der Waals surface area (Å²) in [5, 5.41) is 3.45. The highest BCUT2D eigenvalue weighted by Crippen LogP contribution is 2.41. The molecule has 3 rings (SSSR count). The summed E-state index contributed by atoms with van der Waals surface area (Å²) in [5.41, 5.74) is 4.32. The van der Waals surface area contributed by atoms with Crippen molar-refractivity contribution in [2.45, 2.75) is 44.6 Å². The van der Waals surface area contributed by atoms with Gasteiger partial charge in [-0.05, 0) is 55.1 Å². The SMILES string of the molecule is CCCCOc1ccc([C@@H]2CC[C@H](NC)c3ccccc32)cc1. The third-order valence-corrected chi connectivity index (χ3v) is 4.89. The highest BCUT2D eigenvalue weighted by molar-refractivity contribution is 5.43. The van der Waals surface area contributed by atoms with Gasteiger partial charge in [-0.15, -0.1) is 0 Å². The molecule has 2 heteroatoms. The first-order valence-electron chi connectivity index (χ1n) is 8.82. The molecule has 0 saturated carbocycles. The Morgan fingerprint density at radius 3 is 2.43 bits per heavy atom. The van der Waals surface area contributed by atoms with Crippen molar-refractivity contribution in [3.05, 3.63) is 65.2 Å². The van der Waals surface area contributed by atoms with Crippen molar-refractivity contribution < 1.29 is 4.74 Å². The van der Waals surface area contributed by atoms with Crippen molar-refractivity contribution in [1.82, 2.24) is 5.32 Å². The average molecular weight is 309 g/mol. The lowest BCUT2D eigenvalue weighted by Gasteiger charge is -2.31. The van der Waals surface area contributed by atoms with Gasteiger partial charge in [0.25, 0.3) is 0 Å². The van der Waals surface area contributed by atoms with Gasteiger partial charge in [-0.2, -0.15) is 0 Å². The lowest BCUT2D eigenvalue weighted by Crippen LogP contribution is -2.24. The Bertz CT molecular complexity index is 620. The Morgan fingerprint density at radius 1 is 1.00 bits per heavy atom. The molecule has 1 aliphatic rings. The molecule has 2 aromatic rings. The number of nitrogens with one attached hydrogen (secondary N) is 1. The largest absolute Gasteiger partial charge is 0.494 e. The van der Waals surface area contributed by atoms with E-state index in [1.165, 1.54) is 36.0 Å². The molecule has 0 fully saturated rings. The van der Waals surface area contributed by atoms with E-state index in [9.17, 15) is 0 Å². The van der Waals surface area contributed by atoms with E-state index in [4.69, 9.17) is 4.74 Å². The van der Waals surface area contributed by atoms with Crippen LogP contribution in [0.2, 0.25) is 0 Å². The summed E-state index contributed by atoms with van der Waals surface area (Å²) < 4.78 is 5.78. The van der Waals surface area contributed by atoms with Crippen molar-refractivity contribution in [1.29, 1.82) is 0 Å². The molecule has 0 heterocycles. The van der Waals surface area contributed by atoms with Crippen LogP contribution in [0.3, 0.4) is 0 Å². The molecule has 0 spiro atoms. The Kier molecular flexibility index (Phi) is 5.35. The first-order valence-corrected chi connectivity index (χ1v) is 8.82. The number of rotatable bonds is 6. The van der Waals surface area contributed by atoms with E-state index in [1.54, 1.807) is 0 Å². The first kappa shape index (κ1) is 16.1. The maximum absolute atomic E-state index is 5.78. The second-order valence-electron chi connectivity index (χ2n) is 6.37. The number of ether oxygens (including phenoxy) is 1. The van der Waals surface area contributed by atoms with Gasteiger partial charge in [0.2, 0.25) is 0 Å². The maximum Gasteiger partial charge on any atom is 0.119 e. The minimum absolute atomic E-state index is 0.485. The molecule has 0 aliphatic heterocycles. The van der Waals surface area contributed by atoms with Crippen molar-refractivity contribution in [2.75, 3.05) is 13.7 Å². The zero-order valence-electron chi connectivity index (χ0n) is 14.2. The highest BCUT2D eigenvalue weighted by Gasteiger charge is 2.26. The van der Waals surface area contributed by atoms with Crippen LogP contribution in [0.4, 0.5) is 0 Å². The number of unbranched alkanes of at least 4 members (excludes halogenated alkanes) is 1. The summed E-state index contributed by atoms with van der Waals surface area (Å²) in [6, 6.07) is 18.1. The molecule has 1 aliphatic carbocycles. The van der Waals surface area contributed by atoms with Crippen LogP contribution < -0.4 is 10.1 Å². The molecule has 0 unspecified atom stereocenters. The summed E-state index contributed by atoms with van der Waals surface area (Å²) in [7, 11) is 2.06. The molecular weight excluding hydrogens is 282 g/mol. The number of hydrogen-bond acceptors (Lipinski definition) is 2. The molecule has 0 radical (unpaired) electrons. The average Bonchev–Trinajstić information content (AvgIpc) is 2.62. The van der Waals surface area contributed by atoms with Gasteiger partial charge in [0.05, 0.1) is 6.61 Å². The topological polar surface area (TPSA) is 21.3 Å². The second-order valence-corrected chi connectivity index (χ2v) is 6.37. The van der Waals surface area contributed by atoms with E-state index >= 15 is 0 Å². The van der Waals surface area contributed by atoms with Crippen LogP contribution in [0.5, 0.6) is 5.75 Å². The summed E-state index contributed by atoms with van der Waals surface area (Å²) >= 11 is 0. The fourth-order valence-electron chi connectivity index (χ4n) is 3.57. The molecule has 122 valence electrons. The Morgan fingerprint density at radius 2 is 1.74 bits per heavy atom. The number of hydrogen-bond donors (Lipinski definition) is 1. The third-order valence-electron chi connectivity index (χ3n) is 4.89. The fraction of sp³-hybridized carbons (Fsp3) is 0.429. The molecule has 0 bridgehead atoms.